The molecule has 4 nitrogen and oxygen atoms in total. The molecule has 0 aromatic heterocycles. The molecule has 0 aliphatic carbocycles. The van der Waals surface area contributed by atoms with Gasteiger partial charge >= 0.3 is 0 Å². The Bertz CT molecular complexity index is 247. The van der Waals surface area contributed by atoms with Crippen LogP contribution in [0, 0.1) is 5.41 Å². The maximum Gasteiger partial charge on any atom is 0.264 e. The molecule has 1 spiro atoms. The molecule has 0 unspecified atom stereocenters. The van der Waals surface area contributed by atoms with Crippen molar-refractivity contribution in [1.82, 2.24) is 0 Å². The highest BCUT2D eigenvalue weighted by molar-refractivity contribution is 6.17. The van der Waals surface area contributed by atoms with Gasteiger partial charge in [-0.15, -0.1) is 0 Å². The smallest absolute Gasteiger partial charge is 0.264 e. The van der Waals surface area contributed by atoms with Crippen LogP contribution in [-0.2, 0) is 18.9 Å². The standard InChI is InChI=1S/C9H10B2O4/c10-1-7-12-3-9(4-13-7)5-14-8(2-11)15-6-9/h1-2H,3-6H2. The van der Waals surface area contributed by atoms with Crippen molar-refractivity contribution < 1.29 is 18.9 Å². The molecule has 2 saturated heterocycles. The van der Waals surface area contributed by atoms with Crippen molar-refractivity contribution in [3.8, 4) is 0 Å². The van der Waals surface area contributed by atoms with Gasteiger partial charge in [0.25, 0.3) is 11.9 Å². The average Bonchev–Trinajstić information content (AvgIpc) is 2.31. The molecule has 0 N–H and O–H groups in total. The lowest BCUT2D eigenvalue weighted by molar-refractivity contribution is -0.184. The van der Waals surface area contributed by atoms with Gasteiger partial charge in [-0.25, -0.2) is 0 Å². The minimum absolute atomic E-state index is 0.265. The highest BCUT2D eigenvalue weighted by atomic mass is 16.7. The molecule has 2 fully saturated rings. The lowest BCUT2D eigenvalue weighted by atomic mass is 9.91. The van der Waals surface area contributed by atoms with Gasteiger partial charge in [-0.1, -0.05) is 12.0 Å². The predicted octanol–water partition coefficient (Wildman–Crippen LogP) is 0.00120. The Morgan fingerprint density at radius 2 is 1.13 bits per heavy atom. The molecule has 0 saturated carbocycles. The second-order valence-electron chi connectivity index (χ2n) is 3.63. The molecule has 2 aliphatic rings. The first-order valence-corrected chi connectivity index (χ1v) is 4.63. The monoisotopic (exact) mass is 204 g/mol. The van der Waals surface area contributed by atoms with Gasteiger partial charge in [-0.3, -0.25) is 0 Å². The van der Waals surface area contributed by atoms with Crippen molar-refractivity contribution in [1.29, 1.82) is 0 Å². The van der Waals surface area contributed by atoms with Crippen molar-refractivity contribution in [2.75, 3.05) is 26.4 Å². The molecule has 15 heavy (non-hydrogen) atoms. The number of ether oxygens (including phenoxy) is 4. The summed E-state index contributed by atoms with van der Waals surface area (Å²) in [6.45, 7) is 1.86. The Kier molecular flexibility index (Phi) is 2.84. The molecular weight excluding hydrogens is 194 g/mol. The lowest BCUT2D eigenvalue weighted by Gasteiger charge is -2.40. The second kappa shape index (κ2) is 4.13. The molecule has 2 rings (SSSR count). The van der Waals surface area contributed by atoms with E-state index in [1.807, 2.05) is 0 Å². The summed E-state index contributed by atoms with van der Waals surface area (Å²) in [6, 6.07) is 0. The Hall–Kier alpha value is -1.19. The number of hydrogen-bond donors (Lipinski definition) is 0. The minimum atomic E-state index is -0.265. The van der Waals surface area contributed by atoms with Crippen LogP contribution in [0.3, 0.4) is 0 Å². The molecule has 4 radical (unpaired) electrons. The van der Waals surface area contributed by atoms with Gasteiger partial charge in [0.05, 0.1) is 0 Å². The van der Waals surface area contributed by atoms with E-state index in [9.17, 15) is 0 Å². The Morgan fingerprint density at radius 3 is 1.40 bits per heavy atom. The maximum absolute atomic E-state index is 5.29. The third-order valence-corrected chi connectivity index (χ3v) is 2.35. The van der Waals surface area contributed by atoms with Crippen LogP contribution in [0.2, 0.25) is 0 Å². The van der Waals surface area contributed by atoms with Gasteiger partial charge in [-0.2, -0.15) is 0 Å². The van der Waals surface area contributed by atoms with Gasteiger partial charge in [0.1, 0.15) is 47.5 Å². The third-order valence-electron chi connectivity index (χ3n) is 2.35. The van der Waals surface area contributed by atoms with Crippen LogP contribution < -0.4 is 0 Å². The average molecular weight is 204 g/mol. The van der Waals surface area contributed by atoms with Crippen molar-refractivity contribution >= 4 is 15.7 Å². The fourth-order valence-corrected chi connectivity index (χ4v) is 1.42. The first-order chi connectivity index (χ1) is 7.28. The van der Waals surface area contributed by atoms with Crippen molar-refractivity contribution in [2.45, 2.75) is 0 Å². The Balaban J connectivity index is 1.94. The van der Waals surface area contributed by atoms with E-state index >= 15 is 0 Å². The molecule has 76 valence electrons. The Labute approximate surface area is 91.0 Å². The van der Waals surface area contributed by atoms with E-state index in [1.165, 1.54) is 12.0 Å². The summed E-state index contributed by atoms with van der Waals surface area (Å²) in [7, 11) is 10.5. The van der Waals surface area contributed by atoms with Gasteiger partial charge in [-0.05, 0) is 0 Å². The fraction of sp³-hybridized carbons (Fsp3) is 0.556. The molecule has 0 aromatic carbocycles. The quantitative estimate of drug-likeness (QED) is 0.520. The van der Waals surface area contributed by atoms with Crippen LogP contribution in [0.25, 0.3) is 0 Å². The van der Waals surface area contributed by atoms with Gasteiger partial charge < -0.3 is 18.9 Å². The summed E-state index contributed by atoms with van der Waals surface area (Å²) >= 11 is 0. The van der Waals surface area contributed by atoms with Crippen LogP contribution in [-0.4, -0.2) is 42.1 Å². The van der Waals surface area contributed by atoms with E-state index in [0.29, 0.717) is 38.3 Å². The summed E-state index contributed by atoms with van der Waals surface area (Å²) in [5.41, 5.74) is -0.265. The summed E-state index contributed by atoms with van der Waals surface area (Å²) in [4.78, 5) is 0. The zero-order valence-corrected chi connectivity index (χ0v) is 8.27. The van der Waals surface area contributed by atoms with E-state index < -0.39 is 0 Å². The molecule has 0 aromatic rings. The molecular formula is C9H10B2O4. The van der Waals surface area contributed by atoms with Crippen molar-refractivity contribution in [3.63, 3.8) is 0 Å². The molecule has 0 atom stereocenters. The SMILES string of the molecule is [B]C=C1OCC2(CO1)COC(=C[B])OC2. The molecule has 6 heteroatoms. The molecule has 0 amide bonds. The van der Waals surface area contributed by atoms with Crippen LogP contribution in [0.5, 0.6) is 0 Å². The van der Waals surface area contributed by atoms with Crippen molar-refractivity contribution in [2.24, 2.45) is 5.41 Å². The van der Waals surface area contributed by atoms with E-state index in [-0.39, 0.29) is 5.41 Å². The fourth-order valence-electron chi connectivity index (χ4n) is 1.42. The first kappa shape index (κ1) is 10.3. The topological polar surface area (TPSA) is 36.9 Å². The van der Waals surface area contributed by atoms with E-state index in [4.69, 9.17) is 34.6 Å². The lowest BCUT2D eigenvalue weighted by Crippen LogP contribution is -2.46. The Morgan fingerprint density at radius 1 is 0.800 bits per heavy atom. The zero-order valence-electron chi connectivity index (χ0n) is 8.27. The summed E-state index contributed by atoms with van der Waals surface area (Å²) in [6.07, 6.45) is 0. The van der Waals surface area contributed by atoms with E-state index in [0.717, 1.165) is 0 Å². The predicted molar refractivity (Wildman–Crippen MR) is 53.9 cm³/mol. The van der Waals surface area contributed by atoms with E-state index in [2.05, 4.69) is 0 Å². The second-order valence-corrected chi connectivity index (χ2v) is 3.63. The van der Waals surface area contributed by atoms with Crippen molar-refractivity contribution in [3.05, 3.63) is 23.8 Å². The largest absolute Gasteiger partial charge is 0.465 e. The molecule has 2 aliphatic heterocycles. The van der Waals surface area contributed by atoms with Crippen LogP contribution in [0.4, 0.5) is 0 Å². The normalized spacial score (nSPS) is 29.6. The van der Waals surface area contributed by atoms with E-state index in [1.54, 1.807) is 0 Å². The third kappa shape index (κ3) is 2.08. The minimum Gasteiger partial charge on any atom is -0.465 e. The number of rotatable bonds is 0. The molecule has 2 heterocycles. The molecule has 0 bridgehead atoms. The van der Waals surface area contributed by atoms with Crippen LogP contribution >= 0.6 is 0 Å². The van der Waals surface area contributed by atoms with Gasteiger partial charge in [0.2, 0.25) is 0 Å². The van der Waals surface area contributed by atoms with Crippen LogP contribution in [0.15, 0.2) is 23.8 Å². The van der Waals surface area contributed by atoms with Crippen LogP contribution in [0.1, 0.15) is 0 Å². The van der Waals surface area contributed by atoms with Gasteiger partial charge in [0, 0.05) is 0 Å². The maximum atomic E-state index is 5.29. The summed E-state index contributed by atoms with van der Waals surface area (Å²) in [5.74, 6) is 3.28. The summed E-state index contributed by atoms with van der Waals surface area (Å²) in [5, 5.41) is 0. The zero-order chi connectivity index (χ0) is 10.7. The summed E-state index contributed by atoms with van der Waals surface area (Å²) < 4.78 is 21.2. The number of hydrogen-bond acceptors (Lipinski definition) is 4. The first-order valence-electron chi connectivity index (χ1n) is 4.63. The highest BCUT2D eigenvalue weighted by Crippen LogP contribution is 2.31. The van der Waals surface area contributed by atoms with Gasteiger partial charge in [0.15, 0.2) is 0 Å². The highest BCUT2D eigenvalue weighted by Gasteiger charge is 2.41.